The van der Waals surface area contributed by atoms with Gasteiger partial charge in [-0.15, -0.1) is 0 Å². The van der Waals surface area contributed by atoms with E-state index in [1.165, 1.54) is 4.57 Å². The average molecular weight is 456 g/mol. The maximum Gasteiger partial charge on any atom is 0.351 e. The molecule has 1 fully saturated rings. The molecule has 0 radical (unpaired) electrons. The van der Waals surface area contributed by atoms with Crippen molar-refractivity contribution in [3.63, 3.8) is 0 Å². The van der Waals surface area contributed by atoms with E-state index in [-0.39, 0.29) is 19.0 Å². The second-order valence-corrected chi connectivity index (χ2v) is 7.99. The van der Waals surface area contributed by atoms with Crippen molar-refractivity contribution in [3.05, 3.63) is 130 Å². The molecular weight excluding hydrogens is 430 g/mol. The monoisotopic (exact) mass is 455 g/mol. The van der Waals surface area contributed by atoms with Gasteiger partial charge in [0.15, 0.2) is 12.5 Å². The Labute approximate surface area is 197 Å². The Balaban J connectivity index is 1.47. The minimum atomic E-state index is -0.881. The zero-order valence-electron chi connectivity index (χ0n) is 18.5. The maximum atomic E-state index is 12.2. The van der Waals surface area contributed by atoms with Crippen LogP contribution >= 0.6 is 0 Å². The van der Waals surface area contributed by atoms with E-state index in [1.54, 1.807) is 12.3 Å². The number of hydrogen-bond acceptors (Lipinski definition) is 6. The van der Waals surface area contributed by atoms with Crippen molar-refractivity contribution in [1.82, 2.24) is 9.55 Å². The van der Waals surface area contributed by atoms with Crippen LogP contribution in [-0.2, 0) is 19.8 Å². The zero-order chi connectivity index (χ0) is 23.4. The van der Waals surface area contributed by atoms with Crippen LogP contribution in [-0.4, -0.2) is 29.1 Å². The number of rotatable bonds is 7. The molecule has 7 nitrogen and oxygen atoms in total. The first-order chi connectivity index (χ1) is 16.7. The molecule has 1 aliphatic rings. The Morgan fingerprint density at radius 1 is 0.882 bits per heavy atom. The summed E-state index contributed by atoms with van der Waals surface area (Å²) in [5, 5.41) is 0. The van der Waals surface area contributed by atoms with Crippen LogP contribution in [0.1, 0.15) is 22.9 Å². The molecule has 0 aliphatic carbocycles. The normalized spacial score (nSPS) is 18.1. The summed E-state index contributed by atoms with van der Waals surface area (Å²) in [5.74, 6) is 0.165. The van der Waals surface area contributed by atoms with E-state index in [9.17, 15) is 4.79 Å². The van der Waals surface area contributed by atoms with Gasteiger partial charge in [-0.1, -0.05) is 91.0 Å². The molecule has 34 heavy (non-hydrogen) atoms. The number of ether oxygens (including phenoxy) is 3. The molecule has 5 rings (SSSR count). The third kappa shape index (κ3) is 4.24. The van der Waals surface area contributed by atoms with E-state index in [1.807, 2.05) is 54.6 Å². The smallest absolute Gasteiger partial charge is 0.351 e. The van der Waals surface area contributed by atoms with Crippen molar-refractivity contribution in [3.8, 4) is 0 Å². The van der Waals surface area contributed by atoms with Gasteiger partial charge < -0.3 is 19.9 Å². The second kappa shape index (κ2) is 9.61. The van der Waals surface area contributed by atoms with E-state index < -0.39 is 23.8 Å². The first-order valence-electron chi connectivity index (χ1n) is 11.1. The highest BCUT2D eigenvalue weighted by Gasteiger charge is 2.39. The molecule has 172 valence electrons. The second-order valence-electron chi connectivity index (χ2n) is 7.99. The molecule has 0 spiro atoms. The van der Waals surface area contributed by atoms with Gasteiger partial charge in [-0.3, -0.25) is 4.57 Å². The number of hydrogen-bond donors (Lipinski definition) is 1. The highest BCUT2D eigenvalue weighted by atomic mass is 16.7. The highest BCUT2D eigenvalue weighted by molar-refractivity contribution is 5.47. The van der Waals surface area contributed by atoms with Crippen molar-refractivity contribution >= 4 is 5.82 Å². The standard InChI is InChI=1S/C27H25N3O4/c28-23-16-17-30(26(31)29-23)24-18-32-25(34-24)19-33-27(20-10-4-1-5-11-20,21-12-6-2-7-13-21)22-14-8-3-9-15-22/h1-17,24-25H,18-19H2,(H2,28,29,31). The Kier molecular flexibility index (Phi) is 6.22. The molecular formula is C27H25N3O4. The molecule has 0 saturated carbocycles. The topological polar surface area (TPSA) is 88.6 Å². The summed E-state index contributed by atoms with van der Waals surface area (Å²) in [7, 11) is 0. The van der Waals surface area contributed by atoms with Crippen molar-refractivity contribution in [2.75, 3.05) is 18.9 Å². The summed E-state index contributed by atoms with van der Waals surface area (Å²) in [4.78, 5) is 16.0. The van der Waals surface area contributed by atoms with Crippen LogP contribution in [0.3, 0.4) is 0 Å². The van der Waals surface area contributed by atoms with Crippen LogP contribution in [0.25, 0.3) is 0 Å². The predicted molar refractivity (Wildman–Crippen MR) is 128 cm³/mol. The first-order valence-corrected chi connectivity index (χ1v) is 11.1. The van der Waals surface area contributed by atoms with Gasteiger partial charge in [-0.2, -0.15) is 4.98 Å². The SMILES string of the molecule is Nc1ccn(C2COC(COC(c3ccccc3)(c3ccccc3)c3ccccc3)O2)c(=O)n1. The van der Waals surface area contributed by atoms with Crippen LogP contribution in [0, 0.1) is 0 Å². The summed E-state index contributed by atoms with van der Waals surface area (Å²) in [6, 6.07) is 31.8. The lowest BCUT2D eigenvalue weighted by atomic mass is 9.80. The predicted octanol–water partition coefficient (Wildman–Crippen LogP) is 3.71. The van der Waals surface area contributed by atoms with E-state index in [0.717, 1.165) is 16.7 Å². The Bertz CT molecular complexity index is 1180. The van der Waals surface area contributed by atoms with Gasteiger partial charge in [0.1, 0.15) is 11.4 Å². The number of nitrogens with two attached hydrogens (primary N) is 1. The molecule has 1 aromatic heterocycles. The molecule has 2 atom stereocenters. The molecule has 2 unspecified atom stereocenters. The largest absolute Gasteiger partial charge is 0.383 e. The van der Waals surface area contributed by atoms with E-state index in [2.05, 4.69) is 41.4 Å². The molecule has 1 aliphatic heterocycles. The summed E-state index contributed by atoms with van der Waals surface area (Å²) in [6.07, 6.45) is 0.295. The van der Waals surface area contributed by atoms with E-state index in [0.29, 0.717) is 0 Å². The Morgan fingerprint density at radius 2 is 1.41 bits per heavy atom. The molecule has 2 heterocycles. The molecule has 1 saturated heterocycles. The van der Waals surface area contributed by atoms with Gasteiger partial charge in [0.2, 0.25) is 0 Å². The lowest BCUT2D eigenvalue weighted by Crippen LogP contribution is -2.36. The summed E-state index contributed by atoms with van der Waals surface area (Å²) in [5.41, 5.74) is 7.19. The Hall–Kier alpha value is -3.78. The molecule has 2 N–H and O–H groups in total. The third-order valence-electron chi connectivity index (χ3n) is 5.87. The van der Waals surface area contributed by atoms with Crippen LogP contribution in [0.5, 0.6) is 0 Å². The fraction of sp³-hybridized carbons (Fsp3) is 0.185. The Morgan fingerprint density at radius 3 is 1.91 bits per heavy atom. The van der Waals surface area contributed by atoms with Crippen molar-refractivity contribution < 1.29 is 14.2 Å². The maximum absolute atomic E-state index is 12.2. The minimum absolute atomic E-state index is 0.145. The molecule has 4 aromatic rings. The lowest BCUT2D eigenvalue weighted by molar-refractivity contribution is -0.139. The highest BCUT2D eigenvalue weighted by Crippen LogP contribution is 2.41. The zero-order valence-corrected chi connectivity index (χ0v) is 18.5. The van der Waals surface area contributed by atoms with Gasteiger partial charge in [-0.05, 0) is 22.8 Å². The van der Waals surface area contributed by atoms with Crippen LogP contribution in [0.15, 0.2) is 108 Å². The number of benzene rings is 3. The van der Waals surface area contributed by atoms with Gasteiger partial charge >= 0.3 is 5.69 Å². The quantitative estimate of drug-likeness (QED) is 0.428. The summed E-state index contributed by atoms with van der Waals surface area (Å²) >= 11 is 0. The van der Waals surface area contributed by atoms with Crippen LogP contribution in [0.2, 0.25) is 0 Å². The summed E-state index contributed by atoms with van der Waals surface area (Å²) in [6.45, 7) is 0.348. The lowest BCUT2D eigenvalue weighted by Gasteiger charge is -2.36. The number of nitrogens with zero attached hydrogens (tertiary/aromatic N) is 2. The van der Waals surface area contributed by atoms with Gasteiger partial charge in [0, 0.05) is 6.20 Å². The fourth-order valence-electron chi connectivity index (χ4n) is 4.28. The first kappa shape index (κ1) is 22.0. The third-order valence-corrected chi connectivity index (χ3v) is 5.87. The van der Waals surface area contributed by atoms with Crippen LogP contribution in [0.4, 0.5) is 5.82 Å². The number of nitrogen functional groups attached to an aromatic ring is 1. The van der Waals surface area contributed by atoms with Gasteiger partial charge in [0.05, 0.1) is 13.2 Å². The summed E-state index contributed by atoms with van der Waals surface area (Å²) < 4.78 is 20.0. The van der Waals surface area contributed by atoms with Crippen molar-refractivity contribution in [2.45, 2.75) is 18.1 Å². The van der Waals surface area contributed by atoms with Crippen molar-refractivity contribution in [2.24, 2.45) is 0 Å². The van der Waals surface area contributed by atoms with Gasteiger partial charge in [0.25, 0.3) is 0 Å². The minimum Gasteiger partial charge on any atom is -0.383 e. The molecule has 7 heteroatoms. The molecule has 0 amide bonds. The average Bonchev–Trinajstić information content (AvgIpc) is 3.35. The molecule has 3 aromatic carbocycles. The fourth-order valence-corrected chi connectivity index (χ4v) is 4.28. The van der Waals surface area contributed by atoms with Crippen LogP contribution < -0.4 is 11.4 Å². The van der Waals surface area contributed by atoms with Crippen molar-refractivity contribution in [1.29, 1.82) is 0 Å². The molecule has 0 bridgehead atoms. The van der Waals surface area contributed by atoms with E-state index in [4.69, 9.17) is 19.9 Å². The number of aromatic nitrogens is 2. The van der Waals surface area contributed by atoms with E-state index >= 15 is 0 Å². The van der Waals surface area contributed by atoms with Gasteiger partial charge in [-0.25, -0.2) is 4.79 Å². The number of anilines is 1.